The van der Waals surface area contributed by atoms with E-state index < -0.39 is 0 Å². The Bertz CT molecular complexity index is 584. The van der Waals surface area contributed by atoms with Crippen LogP contribution < -0.4 is 9.47 Å². The summed E-state index contributed by atoms with van der Waals surface area (Å²) in [5, 5.41) is 9.40. The third-order valence-corrected chi connectivity index (χ3v) is 3.01. The highest BCUT2D eigenvalue weighted by Crippen LogP contribution is 2.27. The lowest BCUT2D eigenvalue weighted by Crippen LogP contribution is -1.98. The van der Waals surface area contributed by atoms with Crippen LogP contribution in [0.25, 0.3) is 0 Å². The van der Waals surface area contributed by atoms with Gasteiger partial charge in [-0.25, -0.2) is 0 Å². The van der Waals surface area contributed by atoms with Gasteiger partial charge in [-0.3, -0.25) is 0 Å². The Labute approximate surface area is 113 Å². The van der Waals surface area contributed by atoms with Crippen LogP contribution in [0.2, 0.25) is 0 Å². The maximum Gasteiger partial charge on any atom is 0.119 e. The third kappa shape index (κ3) is 2.86. The lowest BCUT2D eigenvalue weighted by Gasteiger charge is -2.11. The summed E-state index contributed by atoms with van der Waals surface area (Å²) >= 11 is 0. The molecule has 0 N–H and O–H groups in total. The second kappa shape index (κ2) is 5.92. The van der Waals surface area contributed by atoms with E-state index in [1.54, 1.807) is 14.2 Å². The van der Waals surface area contributed by atoms with Gasteiger partial charge < -0.3 is 9.47 Å². The molecule has 0 amide bonds. The van der Waals surface area contributed by atoms with Crippen molar-refractivity contribution in [3.8, 4) is 17.6 Å². The van der Waals surface area contributed by atoms with Gasteiger partial charge >= 0.3 is 0 Å². The SMILES string of the molecule is COc1ccc(C(C#N)c2cccc(OC)c2)cc1. The van der Waals surface area contributed by atoms with Crippen molar-refractivity contribution >= 4 is 0 Å². The molecule has 96 valence electrons. The fourth-order valence-electron chi connectivity index (χ4n) is 1.96. The molecule has 2 aromatic rings. The molecule has 0 saturated heterocycles. The van der Waals surface area contributed by atoms with Crippen molar-refractivity contribution in [3.63, 3.8) is 0 Å². The minimum absolute atomic E-state index is 0.305. The molecule has 0 aromatic heterocycles. The van der Waals surface area contributed by atoms with Crippen molar-refractivity contribution in [2.24, 2.45) is 0 Å². The zero-order chi connectivity index (χ0) is 13.7. The van der Waals surface area contributed by atoms with Crippen molar-refractivity contribution in [1.29, 1.82) is 5.26 Å². The van der Waals surface area contributed by atoms with E-state index >= 15 is 0 Å². The second-order valence-corrected chi connectivity index (χ2v) is 4.11. The van der Waals surface area contributed by atoms with Crippen molar-refractivity contribution in [3.05, 3.63) is 59.7 Å². The summed E-state index contributed by atoms with van der Waals surface area (Å²) in [4.78, 5) is 0. The molecule has 0 radical (unpaired) electrons. The fourth-order valence-corrected chi connectivity index (χ4v) is 1.96. The summed E-state index contributed by atoms with van der Waals surface area (Å²) in [7, 11) is 3.24. The van der Waals surface area contributed by atoms with Gasteiger partial charge in [0, 0.05) is 0 Å². The van der Waals surface area contributed by atoms with Gasteiger partial charge in [0.15, 0.2) is 0 Å². The molecule has 2 aromatic carbocycles. The molecule has 0 fully saturated rings. The number of nitriles is 1. The van der Waals surface area contributed by atoms with Gasteiger partial charge in [0.25, 0.3) is 0 Å². The smallest absolute Gasteiger partial charge is 0.119 e. The molecule has 0 spiro atoms. The molecule has 0 aliphatic carbocycles. The Morgan fingerprint density at radius 3 is 2.16 bits per heavy atom. The van der Waals surface area contributed by atoms with E-state index in [1.165, 1.54) is 0 Å². The Balaban J connectivity index is 2.35. The summed E-state index contributed by atoms with van der Waals surface area (Å²) in [6.45, 7) is 0. The maximum atomic E-state index is 9.40. The van der Waals surface area contributed by atoms with Crippen molar-refractivity contribution in [2.45, 2.75) is 5.92 Å². The molecule has 0 aliphatic heterocycles. The lowest BCUT2D eigenvalue weighted by molar-refractivity contribution is 0.414. The molecule has 3 heteroatoms. The summed E-state index contributed by atoms with van der Waals surface area (Å²) in [6.07, 6.45) is 0. The highest BCUT2D eigenvalue weighted by atomic mass is 16.5. The van der Waals surface area contributed by atoms with Gasteiger partial charge in [-0.05, 0) is 35.4 Å². The van der Waals surface area contributed by atoms with Gasteiger partial charge in [-0.2, -0.15) is 5.26 Å². The third-order valence-electron chi connectivity index (χ3n) is 3.01. The lowest BCUT2D eigenvalue weighted by atomic mass is 9.92. The molecule has 2 rings (SSSR count). The maximum absolute atomic E-state index is 9.40. The highest BCUT2D eigenvalue weighted by Gasteiger charge is 2.14. The fraction of sp³-hybridized carbons (Fsp3) is 0.188. The number of nitrogens with zero attached hydrogens (tertiary/aromatic N) is 1. The highest BCUT2D eigenvalue weighted by molar-refractivity contribution is 5.42. The Kier molecular flexibility index (Phi) is 4.04. The number of hydrogen-bond acceptors (Lipinski definition) is 3. The van der Waals surface area contributed by atoms with E-state index in [4.69, 9.17) is 9.47 Å². The molecule has 0 aliphatic rings. The quantitative estimate of drug-likeness (QED) is 0.839. The molecule has 1 unspecified atom stereocenters. The zero-order valence-electron chi connectivity index (χ0n) is 11.0. The molecule has 0 bridgehead atoms. The standard InChI is InChI=1S/C16H15NO2/c1-18-14-8-6-12(7-9-14)16(11-17)13-4-3-5-15(10-13)19-2/h3-10,16H,1-2H3. The van der Waals surface area contributed by atoms with E-state index in [0.717, 1.165) is 22.6 Å². The minimum Gasteiger partial charge on any atom is -0.497 e. The van der Waals surface area contributed by atoms with Crippen LogP contribution >= 0.6 is 0 Å². The predicted molar refractivity (Wildman–Crippen MR) is 73.4 cm³/mol. The normalized spacial score (nSPS) is 11.4. The summed E-state index contributed by atoms with van der Waals surface area (Å²) < 4.78 is 10.3. The van der Waals surface area contributed by atoms with Crippen LogP contribution in [-0.2, 0) is 0 Å². The average molecular weight is 253 g/mol. The summed E-state index contributed by atoms with van der Waals surface area (Å²) in [5.41, 5.74) is 1.86. The molecular formula is C16H15NO2. The molecule has 0 heterocycles. The first kappa shape index (κ1) is 13.0. The average Bonchev–Trinajstić information content (AvgIpc) is 2.49. The van der Waals surface area contributed by atoms with Crippen molar-refractivity contribution in [1.82, 2.24) is 0 Å². The molecular weight excluding hydrogens is 238 g/mol. The number of methoxy groups -OCH3 is 2. The first-order valence-electron chi connectivity index (χ1n) is 5.96. The van der Waals surface area contributed by atoms with E-state index in [0.29, 0.717) is 0 Å². The van der Waals surface area contributed by atoms with Gasteiger partial charge in [0.1, 0.15) is 11.5 Å². The largest absolute Gasteiger partial charge is 0.497 e. The molecule has 0 saturated carbocycles. The van der Waals surface area contributed by atoms with Crippen LogP contribution in [0.15, 0.2) is 48.5 Å². The monoisotopic (exact) mass is 253 g/mol. The summed E-state index contributed by atoms with van der Waals surface area (Å²) in [6, 6.07) is 17.4. The topological polar surface area (TPSA) is 42.2 Å². The van der Waals surface area contributed by atoms with Crippen LogP contribution in [0, 0.1) is 11.3 Å². The van der Waals surface area contributed by atoms with Crippen LogP contribution in [0.1, 0.15) is 17.0 Å². The Hall–Kier alpha value is -2.47. The van der Waals surface area contributed by atoms with E-state index in [9.17, 15) is 5.26 Å². The first-order valence-corrected chi connectivity index (χ1v) is 5.96. The van der Waals surface area contributed by atoms with E-state index in [-0.39, 0.29) is 5.92 Å². The predicted octanol–water partition coefficient (Wildman–Crippen LogP) is 3.36. The minimum atomic E-state index is -0.305. The van der Waals surface area contributed by atoms with Crippen LogP contribution in [0.5, 0.6) is 11.5 Å². The molecule has 3 nitrogen and oxygen atoms in total. The number of ether oxygens (including phenoxy) is 2. The first-order chi connectivity index (χ1) is 9.28. The second-order valence-electron chi connectivity index (χ2n) is 4.11. The zero-order valence-corrected chi connectivity index (χ0v) is 11.0. The van der Waals surface area contributed by atoms with Gasteiger partial charge in [-0.1, -0.05) is 24.3 Å². The van der Waals surface area contributed by atoms with Gasteiger partial charge in [-0.15, -0.1) is 0 Å². The van der Waals surface area contributed by atoms with Crippen molar-refractivity contribution < 1.29 is 9.47 Å². The number of hydrogen-bond donors (Lipinski definition) is 0. The number of rotatable bonds is 4. The van der Waals surface area contributed by atoms with Gasteiger partial charge in [0.05, 0.1) is 26.2 Å². The van der Waals surface area contributed by atoms with E-state index in [2.05, 4.69) is 6.07 Å². The molecule has 19 heavy (non-hydrogen) atoms. The van der Waals surface area contributed by atoms with Gasteiger partial charge in [0.2, 0.25) is 0 Å². The summed E-state index contributed by atoms with van der Waals surface area (Å²) in [5.74, 6) is 1.23. The Morgan fingerprint density at radius 1 is 0.895 bits per heavy atom. The van der Waals surface area contributed by atoms with Crippen LogP contribution in [0.4, 0.5) is 0 Å². The van der Waals surface area contributed by atoms with E-state index in [1.807, 2.05) is 48.5 Å². The molecule has 1 atom stereocenters. The van der Waals surface area contributed by atoms with Crippen LogP contribution in [0.3, 0.4) is 0 Å². The van der Waals surface area contributed by atoms with Crippen LogP contribution in [-0.4, -0.2) is 14.2 Å². The number of benzene rings is 2. The van der Waals surface area contributed by atoms with Crippen molar-refractivity contribution in [2.75, 3.05) is 14.2 Å². The Morgan fingerprint density at radius 2 is 1.58 bits per heavy atom.